The molecule has 0 atom stereocenters. The van der Waals surface area contributed by atoms with E-state index in [0.29, 0.717) is 5.69 Å². The van der Waals surface area contributed by atoms with Crippen molar-refractivity contribution in [1.29, 1.82) is 0 Å². The van der Waals surface area contributed by atoms with E-state index < -0.39 is 0 Å². The van der Waals surface area contributed by atoms with Crippen LogP contribution in [0, 0.1) is 6.92 Å². The highest BCUT2D eigenvalue weighted by molar-refractivity contribution is 9.10. The molecule has 1 heterocycles. The molecule has 0 radical (unpaired) electrons. The zero-order valence-electron chi connectivity index (χ0n) is 8.40. The number of nitrogens with zero attached hydrogens (tertiary/aromatic N) is 2. The Bertz CT molecular complexity index is 513. The smallest absolute Gasteiger partial charge is 0.277 e. The van der Waals surface area contributed by atoms with Crippen LogP contribution in [0.3, 0.4) is 0 Å². The molecule has 2 rings (SSSR count). The number of nitrogens with one attached hydrogen (secondary N) is 1. The Kier molecular flexibility index (Phi) is 3.31. The molecule has 1 aromatic carbocycles. The van der Waals surface area contributed by atoms with Gasteiger partial charge in [-0.3, -0.25) is 4.79 Å². The van der Waals surface area contributed by atoms with E-state index in [2.05, 4.69) is 30.8 Å². The van der Waals surface area contributed by atoms with Crippen molar-refractivity contribution in [3.05, 3.63) is 39.3 Å². The van der Waals surface area contributed by atoms with E-state index >= 15 is 0 Å². The Labute approximate surface area is 105 Å². The van der Waals surface area contributed by atoms with Crippen LogP contribution in [0.15, 0.2) is 28.1 Å². The van der Waals surface area contributed by atoms with E-state index in [4.69, 9.17) is 0 Å². The van der Waals surface area contributed by atoms with Gasteiger partial charge in [0, 0.05) is 15.5 Å². The van der Waals surface area contributed by atoms with Crippen molar-refractivity contribution < 1.29 is 4.79 Å². The Morgan fingerprint density at radius 3 is 2.94 bits per heavy atom. The largest absolute Gasteiger partial charge is 0.320 e. The predicted molar refractivity (Wildman–Crippen MR) is 66.7 cm³/mol. The minimum absolute atomic E-state index is 0.237. The average Bonchev–Trinajstić information content (AvgIpc) is 2.75. The fourth-order valence-corrected chi connectivity index (χ4v) is 2.13. The van der Waals surface area contributed by atoms with Crippen LogP contribution in [0.2, 0.25) is 0 Å². The summed E-state index contributed by atoms with van der Waals surface area (Å²) in [5.74, 6) is -0.237. The van der Waals surface area contributed by atoms with Gasteiger partial charge in [-0.25, -0.2) is 0 Å². The highest BCUT2D eigenvalue weighted by Crippen LogP contribution is 2.20. The van der Waals surface area contributed by atoms with Gasteiger partial charge in [0.25, 0.3) is 5.91 Å². The molecule has 2 aromatic rings. The number of hydrogen-bond acceptors (Lipinski definition) is 4. The first-order chi connectivity index (χ1) is 7.66. The molecule has 6 heteroatoms. The quantitative estimate of drug-likeness (QED) is 0.927. The van der Waals surface area contributed by atoms with Crippen molar-refractivity contribution in [2.75, 3.05) is 5.32 Å². The fourth-order valence-electron chi connectivity index (χ4n) is 1.22. The number of rotatable bonds is 2. The fraction of sp³-hybridized carbons (Fsp3) is 0.100. The van der Waals surface area contributed by atoms with Crippen molar-refractivity contribution in [1.82, 2.24) is 9.59 Å². The highest BCUT2D eigenvalue weighted by Gasteiger charge is 2.10. The standard InChI is InChI=1S/C10H8BrN3OS/c1-6-4-7(11)2-3-8(6)12-10(15)9-5-16-14-13-9/h2-5H,1H3,(H,12,15). The number of carbonyl (C=O) groups excluding carboxylic acids is 1. The summed E-state index contributed by atoms with van der Waals surface area (Å²) in [5, 5.41) is 8.11. The van der Waals surface area contributed by atoms with Crippen molar-refractivity contribution in [3.8, 4) is 0 Å². The second-order valence-corrected chi connectivity index (χ2v) is 4.73. The summed E-state index contributed by atoms with van der Waals surface area (Å²) >= 11 is 4.52. The maximum atomic E-state index is 11.7. The van der Waals surface area contributed by atoms with Crippen LogP contribution in [0.25, 0.3) is 0 Å². The van der Waals surface area contributed by atoms with Gasteiger partial charge < -0.3 is 5.32 Å². The molecule has 0 bridgehead atoms. The maximum absolute atomic E-state index is 11.7. The number of aromatic nitrogens is 2. The molecule has 0 spiro atoms. The number of hydrogen-bond donors (Lipinski definition) is 1. The Morgan fingerprint density at radius 2 is 2.31 bits per heavy atom. The van der Waals surface area contributed by atoms with Crippen molar-refractivity contribution in [2.45, 2.75) is 6.92 Å². The van der Waals surface area contributed by atoms with Crippen LogP contribution in [0.5, 0.6) is 0 Å². The molecule has 0 aliphatic carbocycles. The average molecular weight is 298 g/mol. The summed E-state index contributed by atoms with van der Waals surface area (Å²) in [5.41, 5.74) is 2.11. The maximum Gasteiger partial charge on any atom is 0.277 e. The molecular weight excluding hydrogens is 290 g/mol. The molecule has 82 valence electrons. The van der Waals surface area contributed by atoms with E-state index in [0.717, 1.165) is 27.3 Å². The summed E-state index contributed by atoms with van der Waals surface area (Å²) < 4.78 is 4.63. The summed E-state index contributed by atoms with van der Waals surface area (Å²) in [6.45, 7) is 1.93. The molecule has 1 amide bonds. The lowest BCUT2D eigenvalue weighted by molar-refractivity contribution is 0.102. The van der Waals surface area contributed by atoms with Gasteiger partial charge in [-0.2, -0.15) is 0 Å². The van der Waals surface area contributed by atoms with Crippen molar-refractivity contribution >= 4 is 39.1 Å². The predicted octanol–water partition coefficient (Wildman–Crippen LogP) is 2.86. The van der Waals surface area contributed by atoms with Crippen molar-refractivity contribution in [2.24, 2.45) is 0 Å². The van der Waals surface area contributed by atoms with E-state index in [-0.39, 0.29) is 5.91 Å². The lowest BCUT2D eigenvalue weighted by Gasteiger charge is -2.06. The molecule has 0 fully saturated rings. The lowest BCUT2D eigenvalue weighted by Crippen LogP contribution is -2.13. The Morgan fingerprint density at radius 1 is 1.50 bits per heavy atom. The van der Waals surface area contributed by atoms with Gasteiger partial charge >= 0.3 is 0 Å². The first-order valence-corrected chi connectivity index (χ1v) is 6.14. The van der Waals surface area contributed by atoms with Gasteiger partial charge in [0.15, 0.2) is 5.69 Å². The molecular formula is C10H8BrN3OS. The first kappa shape index (κ1) is 11.2. The second-order valence-electron chi connectivity index (χ2n) is 3.20. The molecule has 0 saturated carbocycles. The summed E-state index contributed by atoms with van der Waals surface area (Å²) in [6.07, 6.45) is 0. The second kappa shape index (κ2) is 4.71. The topological polar surface area (TPSA) is 54.9 Å². The third-order valence-corrected chi connectivity index (χ3v) is 3.03. The summed E-state index contributed by atoms with van der Waals surface area (Å²) in [4.78, 5) is 11.7. The molecule has 0 saturated heterocycles. The van der Waals surface area contributed by atoms with Gasteiger partial charge in [0.1, 0.15) is 0 Å². The van der Waals surface area contributed by atoms with E-state index in [1.165, 1.54) is 0 Å². The third-order valence-electron chi connectivity index (χ3n) is 2.03. The number of amides is 1. The Balaban J connectivity index is 2.18. The van der Waals surface area contributed by atoms with Crippen LogP contribution < -0.4 is 5.32 Å². The molecule has 4 nitrogen and oxygen atoms in total. The zero-order valence-corrected chi connectivity index (χ0v) is 10.8. The number of aryl methyl sites for hydroxylation is 1. The minimum Gasteiger partial charge on any atom is -0.320 e. The molecule has 0 aliphatic rings. The number of halogens is 1. The SMILES string of the molecule is Cc1cc(Br)ccc1NC(=O)c1csnn1. The molecule has 16 heavy (non-hydrogen) atoms. The third kappa shape index (κ3) is 2.45. The van der Waals surface area contributed by atoms with Crippen LogP contribution in [0.4, 0.5) is 5.69 Å². The monoisotopic (exact) mass is 297 g/mol. The van der Waals surface area contributed by atoms with Crippen LogP contribution in [0.1, 0.15) is 16.1 Å². The molecule has 1 N–H and O–H groups in total. The van der Waals surface area contributed by atoms with Gasteiger partial charge in [-0.05, 0) is 42.2 Å². The van der Waals surface area contributed by atoms with Crippen LogP contribution >= 0.6 is 27.5 Å². The minimum atomic E-state index is -0.237. The van der Waals surface area contributed by atoms with Crippen molar-refractivity contribution in [3.63, 3.8) is 0 Å². The summed E-state index contributed by atoms with van der Waals surface area (Å²) in [6, 6.07) is 5.66. The number of carbonyl (C=O) groups is 1. The highest BCUT2D eigenvalue weighted by atomic mass is 79.9. The van der Waals surface area contributed by atoms with E-state index in [1.54, 1.807) is 5.38 Å². The van der Waals surface area contributed by atoms with E-state index in [9.17, 15) is 4.79 Å². The zero-order chi connectivity index (χ0) is 11.5. The Hall–Kier alpha value is -1.27. The molecule has 0 unspecified atom stereocenters. The van der Waals surface area contributed by atoms with E-state index in [1.807, 2.05) is 25.1 Å². The normalized spacial score (nSPS) is 10.1. The van der Waals surface area contributed by atoms with Crippen LogP contribution in [-0.4, -0.2) is 15.5 Å². The molecule has 1 aromatic heterocycles. The van der Waals surface area contributed by atoms with Gasteiger partial charge in [0.05, 0.1) is 0 Å². The molecule has 0 aliphatic heterocycles. The van der Waals surface area contributed by atoms with Gasteiger partial charge in [0.2, 0.25) is 0 Å². The first-order valence-electron chi connectivity index (χ1n) is 4.51. The number of benzene rings is 1. The summed E-state index contributed by atoms with van der Waals surface area (Å²) in [7, 11) is 0. The number of anilines is 1. The lowest BCUT2D eigenvalue weighted by atomic mass is 10.2. The van der Waals surface area contributed by atoms with Gasteiger partial charge in [-0.15, -0.1) is 5.10 Å². The van der Waals surface area contributed by atoms with Crippen LogP contribution in [-0.2, 0) is 0 Å². The van der Waals surface area contributed by atoms with Gasteiger partial charge in [-0.1, -0.05) is 20.4 Å².